The number of ether oxygens (including phenoxy) is 1. The Kier molecular flexibility index (Phi) is 5.94. The summed E-state index contributed by atoms with van der Waals surface area (Å²) in [5.41, 5.74) is 2.23. The monoisotopic (exact) mass is 329 g/mol. The Labute approximate surface area is 139 Å². The maximum atomic E-state index is 11.8. The number of carbonyl (C=O) groups is 2. The normalized spacial score (nSPS) is 10.5. The van der Waals surface area contributed by atoms with Crippen molar-refractivity contribution in [2.24, 2.45) is 0 Å². The highest BCUT2D eigenvalue weighted by molar-refractivity contribution is 6.33. The van der Waals surface area contributed by atoms with Gasteiger partial charge in [-0.2, -0.15) is 0 Å². The first-order valence-corrected chi connectivity index (χ1v) is 7.39. The summed E-state index contributed by atoms with van der Waals surface area (Å²) in [7, 11) is 0. The molecular weight excluding hydrogens is 314 g/mol. The van der Waals surface area contributed by atoms with E-state index in [1.807, 2.05) is 43.3 Å². The van der Waals surface area contributed by atoms with Gasteiger partial charge >= 0.3 is 5.97 Å². The molecule has 0 aliphatic carbocycles. The van der Waals surface area contributed by atoms with Crippen LogP contribution in [0.25, 0.3) is 6.08 Å². The Balaban J connectivity index is 1.85. The van der Waals surface area contributed by atoms with Crippen LogP contribution in [0.15, 0.2) is 54.6 Å². The van der Waals surface area contributed by atoms with E-state index in [4.69, 9.17) is 16.3 Å². The van der Waals surface area contributed by atoms with Crippen molar-refractivity contribution in [1.82, 2.24) is 0 Å². The summed E-state index contributed by atoms with van der Waals surface area (Å²) in [6, 6.07) is 14.6. The second-order valence-electron chi connectivity index (χ2n) is 4.83. The number of para-hydroxylation sites is 1. The zero-order chi connectivity index (χ0) is 16.7. The first kappa shape index (κ1) is 16.8. The molecule has 0 spiro atoms. The molecule has 0 atom stereocenters. The minimum absolute atomic E-state index is 0.372. The van der Waals surface area contributed by atoms with E-state index in [2.05, 4.69) is 5.32 Å². The molecule has 23 heavy (non-hydrogen) atoms. The van der Waals surface area contributed by atoms with Gasteiger partial charge in [0, 0.05) is 6.08 Å². The van der Waals surface area contributed by atoms with Crippen LogP contribution in [0.4, 0.5) is 5.69 Å². The van der Waals surface area contributed by atoms with E-state index in [9.17, 15) is 9.59 Å². The Morgan fingerprint density at radius 2 is 1.87 bits per heavy atom. The highest BCUT2D eigenvalue weighted by Gasteiger charge is 2.09. The molecule has 5 heteroatoms. The summed E-state index contributed by atoms with van der Waals surface area (Å²) in [6.07, 6.45) is 2.90. The molecule has 0 heterocycles. The summed E-state index contributed by atoms with van der Waals surface area (Å²) in [6.45, 7) is 1.46. The number of anilines is 1. The molecule has 1 N–H and O–H groups in total. The minimum Gasteiger partial charge on any atom is -0.452 e. The van der Waals surface area contributed by atoms with E-state index < -0.39 is 11.9 Å². The van der Waals surface area contributed by atoms with E-state index in [1.54, 1.807) is 18.2 Å². The quantitative estimate of drug-likeness (QED) is 0.669. The Morgan fingerprint density at radius 1 is 1.13 bits per heavy atom. The van der Waals surface area contributed by atoms with Crippen LogP contribution in [0.5, 0.6) is 0 Å². The molecule has 0 saturated heterocycles. The standard InChI is InChI=1S/C18H16ClNO3/c1-13-6-5-9-15(19)18(13)20-16(21)12-23-17(22)11-10-14-7-3-2-4-8-14/h2-11H,12H2,1H3,(H,20,21)/b11-10+. The van der Waals surface area contributed by atoms with Crippen LogP contribution in [-0.2, 0) is 14.3 Å². The molecule has 0 saturated carbocycles. The molecule has 2 aromatic carbocycles. The number of rotatable bonds is 5. The number of nitrogens with one attached hydrogen (secondary N) is 1. The van der Waals surface area contributed by atoms with Crippen molar-refractivity contribution < 1.29 is 14.3 Å². The zero-order valence-electron chi connectivity index (χ0n) is 12.6. The molecule has 1 amide bonds. The summed E-state index contributed by atoms with van der Waals surface area (Å²) < 4.78 is 4.90. The minimum atomic E-state index is -0.583. The zero-order valence-corrected chi connectivity index (χ0v) is 13.3. The predicted octanol–water partition coefficient (Wildman–Crippen LogP) is 3.84. The van der Waals surface area contributed by atoms with E-state index >= 15 is 0 Å². The van der Waals surface area contributed by atoms with E-state index in [-0.39, 0.29) is 6.61 Å². The number of esters is 1. The molecule has 2 rings (SSSR count). The van der Waals surface area contributed by atoms with Crippen molar-refractivity contribution in [1.29, 1.82) is 0 Å². The van der Waals surface area contributed by atoms with Crippen LogP contribution in [0.1, 0.15) is 11.1 Å². The fourth-order valence-electron chi connectivity index (χ4n) is 1.88. The van der Waals surface area contributed by atoms with Crippen LogP contribution in [-0.4, -0.2) is 18.5 Å². The summed E-state index contributed by atoms with van der Waals surface area (Å²) in [4.78, 5) is 23.4. The van der Waals surface area contributed by atoms with Crippen molar-refractivity contribution in [2.45, 2.75) is 6.92 Å². The fourth-order valence-corrected chi connectivity index (χ4v) is 2.15. The molecule has 4 nitrogen and oxygen atoms in total. The average molecular weight is 330 g/mol. The maximum absolute atomic E-state index is 11.8. The van der Waals surface area contributed by atoms with Gasteiger partial charge in [0.05, 0.1) is 10.7 Å². The second kappa shape index (κ2) is 8.15. The lowest BCUT2D eigenvalue weighted by Gasteiger charge is -2.10. The van der Waals surface area contributed by atoms with E-state index in [0.29, 0.717) is 10.7 Å². The number of aryl methyl sites for hydroxylation is 1. The molecule has 0 fully saturated rings. The number of hydrogen-bond acceptors (Lipinski definition) is 3. The van der Waals surface area contributed by atoms with Gasteiger partial charge in [0.1, 0.15) is 0 Å². The van der Waals surface area contributed by atoms with Crippen LogP contribution in [0.2, 0.25) is 5.02 Å². The van der Waals surface area contributed by atoms with Gasteiger partial charge in [-0.3, -0.25) is 4.79 Å². The van der Waals surface area contributed by atoms with Crippen molar-refractivity contribution in [2.75, 3.05) is 11.9 Å². The van der Waals surface area contributed by atoms with E-state index in [0.717, 1.165) is 11.1 Å². The number of benzene rings is 2. The largest absolute Gasteiger partial charge is 0.452 e. The smallest absolute Gasteiger partial charge is 0.331 e. The molecule has 0 unspecified atom stereocenters. The molecule has 118 valence electrons. The molecule has 0 aliphatic heterocycles. The van der Waals surface area contributed by atoms with Gasteiger partial charge in [-0.15, -0.1) is 0 Å². The fraction of sp³-hybridized carbons (Fsp3) is 0.111. The van der Waals surface area contributed by atoms with Crippen LogP contribution >= 0.6 is 11.6 Å². The molecular formula is C18H16ClNO3. The van der Waals surface area contributed by atoms with Crippen LogP contribution in [0.3, 0.4) is 0 Å². The van der Waals surface area contributed by atoms with Gasteiger partial charge < -0.3 is 10.1 Å². The number of halogens is 1. The van der Waals surface area contributed by atoms with Gasteiger partial charge in [-0.25, -0.2) is 4.79 Å². The second-order valence-corrected chi connectivity index (χ2v) is 5.24. The van der Waals surface area contributed by atoms with Gasteiger partial charge in [0.25, 0.3) is 5.91 Å². The van der Waals surface area contributed by atoms with Crippen molar-refractivity contribution in [3.05, 3.63) is 70.8 Å². The first-order chi connectivity index (χ1) is 11.1. The highest BCUT2D eigenvalue weighted by atomic mass is 35.5. The van der Waals surface area contributed by atoms with Crippen molar-refractivity contribution >= 4 is 35.2 Å². The average Bonchev–Trinajstić information content (AvgIpc) is 2.55. The van der Waals surface area contributed by atoms with Gasteiger partial charge in [0.15, 0.2) is 6.61 Å². The lowest BCUT2D eigenvalue weighted by molar-refractivity contribution is -0.142. The van der Waals surface area contributed by atoms with Crippen molar-refractivity contribution in [3.8, 4) is 0 Å². The van der Waals surface area contributed by atoms with Crippen molar-refractivity contribution in [3.63, 3.8) is 0 Å². The number of hydrogen-bond donors (Lipinski definition) is 1. The molecule has 0 aromatic heterocycles. The predicted molar refractivity (Wildman–Crippen MR) is 91.3 cm³/mol. The van der Waals surface area contributed by atoms with E-state index in [1.165, 1.54) is 6.08 Å². The van der Waals surface area contributed by atoms with Gasteiger partial charge in [-0.05, 0) is 30.2 Å². The summed E-state index contributed by atoms with van der Waals surface area (Å²) in [5.74, 6) is -1.03. The lowest BCUT2D eigenvalue weighted by atomic mass is 10.2. The summed E-state index contributed by atoms with van der Waals surface area (Å²) >= 11 is 6.02. The van der Waals surface area contributed by atoms with Gasteiger partial charge in [-0.1, -0.05) is 54.1 Å². The summed E-state index contributed by atoms with van der Waals surface area (Å²) in [5, 5.41) is 3.07. The maximum Gasteiger partial charge on any atom is 0.331 e. The highest BCUT2D eigenvalue weighted by Crippen LogP contribution is 2.24. The van der Waals surface area contributed by atoms with Crippen LogP contribution < -0.4 is 5.32 Å². The Morgan fingerprint density at radius 3 is 2.57 bits per heavy atom. The third kappa shape index (κ3) is 5.27. The molecule has 2 aromatic rings. The third-order valence-corrected chi connectivity index (χ3v) is 3.36. The number of carbonyl (C=O) groups excluding carboxylic acids is 2. The SMILES string of the molecule is Cc1cccc(Cl)c1NC(=O)COC(=O)/C=C/c1ccccc1. The van der Waals surface area contributed by atoms with Gasteiger partial charge in [0.2, 0.25) is 0 Å². The molecule has 0 bridgehead atoms. The Hall–Kier alpha value is -2.59. The first-order valence-electron chi connectivity index (χ1n) is 7.01. The van der Waals surface area contributed by atoms with Crippen LogP contribution in [0, 0.1) is 6.92 Å². The topological polar surface area (TPSA) is 55.4 Å². The Bertz CT molecular complexity index is 706. The molecule has 0 aliphatic rings. The molecule has 0 radical (unpaired) electrons. The number of amides is 1. The third-order valence-electron chi connectivity index (χ3n) is 3.04. The lowest BCUT2D eigenvalue weighted by Crippen LogP contribution is -2.20.